The van der Waals surface area contributed by atoms with Crippen LogP contribution < -0.4 is 5.32 Å². The van der Waals surface area contributed by atoms with Crippen molar-refractivity contribution in [2.75, 3.05) is 12.4 Å². The van der Waals surface area contributed by atoms with Crippen LogP contribution in [0.2, 0.25) is 0 Å². The Hall–Kier alpha value is -1.96. The van der Waals surface area contributed by atoms with E-state index >= 15 is 0 Å². The lowest BCUT2D eigenvalue weighted by Crippen LogP contribution is -2.42. The number of amides is 1. The second kappa shape index (κ2) is 9.12. The van der Waals surface area contributed by atoms with Crippen molar-refractivity contribution in [3.8, 4) is 0 Å². The van der Waals surface area contributed by atoms with E-state index in [0.717, 1.165) is 49.9 Å². The molecule has 1 aromatic rings. The van der Waals surface area contributed by atoms with E-state index in [9.17, 15) is 22.4 Å². The summed E-state index contributed by atoms with van der Waals surface area (Å²) in [6, 6.07) is 4.47. The minimum Gasteiger partial charge on any atom is -0.456 e. The van der Waals surface area contributed by atoms with Crippen LogP contribution in [0, 0.1) is 11.7 Å². The van der Waals surface area contributed by atoms with Crippen LogP contribution in [0.1, 0.15) is 39.0 Å². The van der Waals surface area contributed by atoms with Crippen molar-refractivity contribution in [1.82, 2.24) is 5.32 Å². The van der Waals surface area contributed by atoms with Crippen LogP contribution in [-0.2, 0) is 24.2 Å². The molecule has 1 amide bonds. The van der Waals surface area contributed by atoms with E-state index in [-0.39, 0.29) is 23.3 Å². The van der Waals surface area contributed by atoms with Crippen molar-refractivity contribution in [3.05, 3.63) is 30.1 Å². The maximum atomic E-state index is 12.9. The maximum absolute atomic E-state index is 12.9. The zero-order valence-corrected chi connectivity index (χ0v) is 15.6. The highest BCUT2D eigenvalue weighted by atomic mass is 32.2. The summed E-state index contributed by atoms with van der Waals surface area (Å²) < 4.78 is 41.9. The lowest BCUT2D eigenvalue weighted by molar-refractivity contribution is -0.148. The van der Waals surface area contributed by atoms with Crippen molar-refractivity contribution in [1.29, 1.82) is 0 Å². The van der Waals surface area contributed by atoms with E-state index in [4.69, 9.17) is 4.74 Å². The van der Waals surface area contributed by atoms with E-state index in [0.29, 0.717) is 5.92 Å². The van der Waals surface area contributed by atoms with Gasteiger partial charge in [-0.25, -0.2) is 12.8 Å². The highest BCUT2D eigenvalue weighted by Gasteiger charge is 2.23. The third-order valence-electron chi connectivity index (χ3n) is 4.57. The highest BCUT2D eigenvalue weighted by Crippen LogP contribution is 2.23. The number of nitrogens with one attached hydrogen (secondary N) is 1. The zero-order chi connectivity index (χ0) is 19.2. The van der Waals surface area contributed by atoms with E-state index in [1.54, 1.807) is 0 Å². The standard InChI is InChI=1S/C18H24FNO5S/c1-13-4-2-3-5-16(13)20-17(21)12-25-18(22)10-11-26(23,24)15-8-6-14(19)7-9-15/h6-9,13,16H,2-5,10-12H2,1H3,(H,20,21). The minimum atomic E-state index is -3.71. The summed E-state index contributed by atoms with van der Waals surface area (Å²) in [6.07, 6.45) is 3.83. The summed E-state index contributed by atoms with van der Waals surface area (Å²) in [5.74, 6) is -1.74. The SMILES string of the molecule is CC1CCCCC1NC(=O)COC(=O)CCS(=O)(=O)c1ccc(F)cc1. The molecule has 0 heterocycles. The van der Waals surface area contributed by atoms with Crippen molar-refractivity contribution >= 4 is 21.7 Å². The average molecular weight is 385 g/mol. The Kier molecular flexibility index (Phi) is 7.14. The van der Waals surface area contributed by atoms with Gasteiger partial charge in [0, 0.05) is 6.04 Å². The van der Waals surface area contributed by atoms with Gasteiger partial charge in [-0.2, -0.15) is 0 Å². The molecule has 1 saturated carbocycles. The first-order valence-corrected chi connectivity index (χ1v) is 10.4. The largest absolute Gasteiger partial charge is 0.456 e. The summed E-state index contributed by atoms with van der Waals surface area (Å²) >= 11 is 0. The van der Waals surface area contributed by atoms with Gasteiger partial charge in [-0.15, -0.1) is 0 Å². The second-order valence-electron chi connectivity index (χ2n) is 6.62. The molecular weight excluding hydrogens is 361 g/mol. The van der Waals surface area contributed by atoms with Gasteiger partial charge in [0.15, 0.2) is 16.4 Å². The number of ether oxygens (including phenoxy) is 1. The predicted octanol–water partition coefficient (Wildman–Crippen LogP) is 2.23. The van der Waals surface area contributed by atoms with Crippen LogP contribution in [0.5, 0.6) is 0 Å². The quantitative estimate of drug-likeness (QED) is 0.574. The highest BCUT2D eigenvalue weighted by molar-refractivity contribution is 7.91. The minimum absolute atomic E-state index is 0.0595. The number of carbonyl (C=O) groups excluding carboxylic acids is 2. The first-order chi connectivity index (χ1) is 12.3. The molecule has 1 aliphatic carbocycles. The second-order valence-corrected chi connectivity index (χ2v) is 8.73. The van der Waals surface area contributed by atoms with Gasteiger partial charge in [0.05, 0.1) is 17.1 Å². The molecule has 2 rings (SSSR count). The number of halogens is 1. The van der Waals surface area contributed by atoms with Gasteiger partial charge in [0.25, 0.3) is 5.91 Å². The zero-order valence-electron chi connectivity index (χ0n) is 14.7. The number of hydrogen-bond donors (Lipinski definition) is 1. The smallest absolute Gasteiger partial charge is 0.307 e. The third kappa shape index (κ3) is 6.09. The molecule has 0 aromatic heterocycles. The van der Waals surface area contributed by atoms with Crippen molar-refractivity contribution < 1.29 is 27.1 Å². The molecular formula is C18H24FNO5S. The van der Waals surface area contributed by atoms with Crippen LogP contribution in [0.25, 0.3) is 0 Å². The fourth-order valence-electron chi connectivity index (χ4n) is 2.97. The van der Waals surface area contributed by atoms with Gasteiger partial charge < -0.3 is 10.1 Å². The van der Waals surface area contributed by atoms with Gasteiger partial charge in [0.2, 0.25) is 0 Å². The summed E-state index contributed by atoms with van der Waals surface area (Å²) in [6.45, 7) is 1.66. The molecule has 1 fully saturated rings. The predicted molar refractivity (Wildman–Crippen MR) is 93.6 cm³/mol. The summed E-state index contributed by atoms with van der Waals surface area (Å²) in [5.41, 5.74) is 0. The summed E-state index contributed by atoms with van der Waals surface area (Å²) in [5, 5.41) is 2.86. The Morgan fingerprint density at radius 2 is 1.85 bits per heavy atom. The average Bonchev–Trinajstić information content (AvgIpc) is 2.60. The van der Waals surface area contributed by atoms with Crippen molar-refractivity contribution in [2.45, 2.75) is 50.0 Å². The van der Waals surface area contributed by atoms with Gasteiger partial charge in [0.1, 0.15) is 5.82 Å². The Bertz CT molecular complexity index is 732. The first-order valence-electron chi connectivity index (χ1n) is 8.71. The van der Waals surface area contributed by atoms with Crippen LogP contribution in [0.15, 0.2) is 29.2 Å². The fraction of sp³-hybridized carbons (Fsp3) is 0.556. The maximum Gasteiger partial charge on any atom is 0.307 e. The van der Waals surface area contributed by atoms with Gasteiger partial charge >= 0.3 is 5.97 Å². The molecule has 6 nitrogen and oxygen atoms in total. The van der Waals surface area contributed by atoms with E-state index in [2.05, 4.69) is 12.2 Å². The number of hydrogen-bond acceptors (Lipinski definition) is 5. The van der Waals surface area contributed by atoms with Crippen LogP contribution in [-0.4, -0.2) is 38.7 Å². The molecule has 1 N–H and O–H groups in total. The van der Waals surface area contributed by atoms with Crippen LogP contribution >= 0.6 is 0 Å². The topological polar surface area (TPSA) is 89.5 Å². The Morgan fingerprint density at radius 1 is 1.19 bits per heavy atom. The first kappa shape index (κ1) is 20.4. The molecule has 0 bridgehead atoms. The van der Waals surface area contributed by atoms with Gasteiger partial charge in [-0.1, -0.05) is 19.8 Å². The molecule has 26 heavy (non-hydrogen) atoms. The fourth-order valence-corrected chi connectivity index (χ4v) is 4.20. The molecule has 144 valence electrons. The van der Waals surface area contributed by atoms with Gasteiger partial charge in [-0.3, -0.25) is 9.59 Å². The van der Waals surface area contributed by atoms with Gasteiger partial charge in [-0.05, 0) is 43.0 Å². The Balaban J connectivity index is 1.74. The van der Waals surface area contributed by atoms with Crippen LogP contribution in [0.4, 0.5) is 4.39 Å². The Labute approximate surface area is 153 Å². The molecule has 1 aliphatic rings. The lowest BCUT2D eigenvalue weighted by Gasteiger charge is -2.29. The molecule has 0 spiro atoms. The van der Waals surface area contributed by atoms with Crippen LogP contribution in [0.3, 0.4) is 0 Å². The third-order valence-corrected chi connectivity index (χ3v) is 6.30. The number of rotatable bonds is 7. The van der Waals surface area contributed by atoms with E-state index in [1.165, 1.54) is 0 Å². The molecule has 8 heteroatoms. The van der Waals surface area contributed by atoms with E-state index < -0.39 is 34.0 Å². The molecule has 0 saturated heterocycles. The number of benzene rings is 1. The molecule has 1 aromatic carbocycles. The van der Waals surface area contributed by atoms with Crippen molar-refractivity contribution in [3.63, 3.8) is 0 Å². The number of sulfone groups is 1. The molecule has 2 unspecified atom stereocenters. The monoisotopic (exact) mass is 385 g/mol. The normalized spacial score (nSPS) is 20.4. The molecule has 2 atom stereocenters. The number of carbonyl (C=O) groups is 2. The number of esters is 1. The summed E-state index contributed by atoms with van der Waals surface area (Å²) in [7, 11) is -3.71. The summed E-state index contributed by atoms with van der Waals surface area (Å²) in [4.78, 5) is 23.5. The molecule has 0 aliphatic heterocycles. The Morgan fingerprint density at radius 3 is 2.50 bits per heavy atom. The molecule has 0 radical (unpaired) electrons. The lowest BCUT2D eigenvalue weighted by atomic mass is 9.86. The van der Waals surface area contributed by atoms with E-state index in [1.807, 2.05) is 0 Å². The van der Waals surface area contributed by atoms with Crippen molar-refractivity contribution in [2.24, 2.45) is 5.92 Å².